The summed E-state index contributed by atoms with van der Waals surface area (Å²) in [7, 11) is 0. The van der Waals surface area contributed by atoms with E-state index in [9.17, 15) is 14.4 Å². The average molecular weight is 330 g/mol. The molecule has 2 fully saturated rings. The summed E-state index contributed by atoms with van der Waals surface area (Å²) in [6, 6.07) is 6.93. The minimum Gasteiger partial charge on any atom is -0.481 e. The van der Waals surface area contributed by atoms with Crippen molar-refractivity contribution >= 4 is 23.5 Å². The van der Waals surface area contributed by atoms with Crippen molar-refractivity contribution in [2.75, 3.05) is 5.32 Å². The van der Waals surface area contributed by atoms with Crippen molar-refractivity contribution in [3.8, 4) is 0 Å². The molecule has 2 saturated carbocycles. The number of carbonyl (C=O) groups is 3. The summed E-state index contributed by atoms with van der Waals surface area (Å²) in [5, 5.41) is 14.8. The lowest BCUT2D eigenvalue weighted by molar-refractivity contribution is -0.142. The molecule has 1 aromatic carbocycles. The first-order chi connectivity index (χ1) is 11.5. The number of carboxylic acid groups (broad SMARTS) is 1. The summed E-state index contributed by atoms with van der Waals surface area (Å²) in [6.07, 6.45) is 4.42. The first-order valence-electron chi connectivity index (χ1n) is 8.47. The molecule has 0 aliphatic heterocycles. The van der Waals surface area contributed by atoms with E-state index in [0.717, 1.165) is 12.8 Å². The van der Waals surface area contributed by atoms with Gasteiger partial charge < -0.3 is 15.7 Å². The molecule has 0 aromatic heterocycles. The Labute approximate surface area is 140 Å². The minimum absolute atomic E-state index is 0.0119. The summed E-state index contributed by atoms with van der Waals surface area (Å²) in [5.41, 5.74) is 1.14. The molecule has 1 aromatic rings. The van der Waals surface area contributed by atoms with Gasteiger partial charge in [0.2, 0.25) is 5.91 Å². The number of aliphatic carboxylic acids is 1. The van der Waals surface area contributed by atoms with E-state index < -0.39 is 5.97 Å². The van der Waals surface area contributed by atoms with E-state index in [1.54, 1.807) is 24.3 Å². The summed E-state index contributed by atoms with van der Waals surface area (Å²) in [6.45, 7) is 0. The Morgan fingerprint density at radius 2 is 1.62 bits per heavy atom. The van der Waals surface area contributed by atoms with Crippen LogP contribution in [0.1, 0.15) is 48.9 Å². The molecule has 0 radical (unpaired) electrons. The Hall–Kier alpha value is -2.37. The monoisotopic (exact) mass is 330 g/mol. The highest BCUT2D eigenvalue weighted by Gasteiger charge is 2.30. The first-order valence-corrected chi connectivity index (χ1v) is 8.47. The van der Waals surface area contributed by atoms with Crippen LogP contribution >= 0.6 is 0 Å². The highest BCUT2D eigenvalue weighted by molar-refractivity contribution is 5.98. The van der Waals surface area contributed by atoms with E-state index in [-0.39, 0.29) is 29.7 Å². The fraction of sp³-hybridized carbons (Fsp3) is 0.500. The maximum absolute atomic E-state index is 12.4. The highest BCUT2D eigenvalue weighted by atomic mass is 16.4. The third kappa shape index (κ3) is 4.13. The number of hydrogen-bond acceptors (Lipinski definition) is 3. The van der Waals surface area contributed by atoms with E-state index >= 15 is 0 Å². The fourth-order valence-electron chi connectivity index (χ4n) is 3.08. The molecule has 0 heterocycles. The van der Waals surface area contributed by atoms with Crippen LogP contribution in [-0.4, -0.2) is 28.9 Å². The van der Waals surface area contributed by atoms with Gasteiger partial charge >= 0.3 is 5.97 Å². The number of hydrogen-bond donors (Lipinski definition) is 3. The van der Waals surface area contributed by atoms with Crippen LogP contribution in [0.2, 0.25) is 0 Å². The fourth-order valence-corrected chi connectivity index (χ4v) is 3.08. The SMILES string of the molecule is O=C(NC1CCC(C(=O)O)CC1)c1cccc(NC(=O)C2CC2)c1. The average Bonchev–Trinajstić information content (AvgIpc) is 3.40. The molecule has 24 heavy (non-hydrogen) atoms. The second kappa shape index (κ2) is 7.03. The smallest absolute Gasteiger partial charge is 0.306 e. The van der Waals surface area contributed by atoms with Crippen molar-refractivity contribution in [2.45, 2.75) is 44.6 Å². The van der Waals surface area contributed by atoms with Gasteiger partial charge in [0.25, 0.3) is 5.91 Å². The first kappa shape index (κ1) is 16.5. The number of anilines is 1. The van der Waals surface area contributed by atoms with Gasteiger partial charge in [-0.1, -0.05) is 6.07 Å². The molecular formula is C18H22N2O4. The predicted octanol–water partition coefficient (Wildman–Crippen LogP) is 2.41. The van der Waals surface area contributed by atoms with Gasteiger partial charge in [0.05, 0.1) is 5.92 Å². The summed E-state index contributed by atoms with van der Waals surface area (Å²) in [5.74, 6) is -1.10. The van der Waals surface area contributed by atoms with Gasteiger partial charge in [-0.15, -0.1) is 0 Å². The number of nitrogens with one attached hydrogen (secondary N) is 2. The van der Waals surface area contributed by atoms with Gasteiger partial charge in [0, 0.05) is 23.2 Å². The molecule has 0 unspecified atom stereocenters. The van der Waals surface area contributed by atoms with Crippen molar-refractivity contribution in [1.82, 2.24) is 5.32 Å². The predicted molar refractivity (Wildman–Crippen MR) is 88.6 cm³/mol. The van der Waals surface area contributed by atoms with Crippen LogP contribution in [0.3, 0.4) is 0 Å². The van der Waals surface area contributed by atoms with E-state index in [2.05, 4.69) is 10.6 Å². The topological polar surface area (TPSA) is 95.5 Å². The molecule has 0 spiro atoms. The van der Waals surface area contributed by atoms with Crippen molar-refractivity contribution < 1.29 is 19.5 Å². The van der Waals surface area contributed by atoms with Crippen LogP contribution in [0.5, 0.6) is 0 Å². The molecule has 0 saturated heterocycles. The van der Waals surface area contributed by atoms with Gasteiger partial charge in [-0.2, -0.15) is 0 Å². The minimum atomic E-state index is -0.751. The number of carbonyl (C=O) groups excluding carboxylic acids is 2. The molecular weight excluding hydrogens is 308 g/mol. The van der Waals surface area contributed by atoms with Crippen LogP contribution in [0.25, 0.3) is 0 Å². The molecule has 0 atom stereocenters. The molecule has 6 heteroatoms. The molecule has 6 nitrogen and oxygen atoms in total. The Kier molecular flexibility index (Phi) is 4.83. The molecule has 2 aliphatic rings. The third-order valence-corrected chi connectivity index (χ3v) is 4.75. The normalized spacial score (nSPS) is 23.3. The highest BCUT2D eigenvalue weighted by Crippen LogP contribution is 2.30. The second-order valence-corrected chi connectivity index (χ2v) is 6.70. The van der Waals surface area contributed by atoms with Crippen LogP contribution in [0.15, 0.2) is 24.3 Å². The molecule has 2 amide bonds. The van der Waals surface area contributed by atoms with Crippen molar-refractivity contribution in [3.63, 3.8) is 0 Å². The number of benzene rings is 1. The van der Waals surface area contributed by atoms with E-state index in [0.29, 0.717) is 36.9 Å². The largest absolute Gasteiger partial charge is 0.481 e. The third-order valence-electron chi connectivity index (χ3n) is 4.75. The quantitative estimate of drug-likeness (QED) is 0.772. The van der Waals surface area contributed by atoms with Crippen molar-refractivity contribution in [1.29, 1.82) is 0 Å². The Balaban J connectivity index is 1.55. The Morgan fingerprint density at radius 3 is 2.25 bits per heavy atom. The van der Waals surface area contributed by atoms with Gasteiger partial charge in [-0.25, -0.2) is 0 Å². The maximum Gasteiger partial charge on any atom is 0.306 e. The van der Waals surface area contributed by atoms with Gasteiger partial charge in [0.1, 0.15) is 0 Å². The van der Waals surface area contributed by atoms with Gasteiger partial charge in [-0.3, -0.25) is 14.4 Å². The number of carboxylic acids is 1. The van der Waals surface area contributed by atoms with E-state index in [4.69, 9.17) is 5.11 Å². The van der Waals surface area contributed by atoms with Crippen molar-refractivity contribution in [2.24, 2.45) is 11.8 Å². The van der Waals surface area contributed by atoms with E-state index in [1.807, 2.05) is 0 Å². The van der Waals surface area contributed by atoms with E-state index in [1.165, 1.54) is 0 Å². The lowest BCUT2D eigenvalue weighted by Gasteiger charge is -2.26. The van der Waals surface area contributed by atoms with Crippen LogP contribution in [-0.2, 0) is 9.59 Å². The van der Waals surface area contributed by atoms with Gasteiger partial charge in [0.15, 0.2) is 0 Å². The van der Waals surface area contributed by atoms with Gasteiger partial charge in [-0.05, 0) is 56.7 Å². The number of rotatable bonds is 5. The zero-order valence-corrected chi connectivity index (χ0v) is 13.5. The second-order valence-electron chi connectivity index (χ2n) is 6.70. The lowest BCUT2D eigenvalue weighted by Crippen LogP contribution is -2.38. The maximum atomic E-state index is 12.4. The van der Waals surface area contributed by atoms with Crippen LogP contribution < -0.4 is 10.6 Å². The lowest BCUT2D eigenvalue weighted by atomic mass is 9.86. The zero-order chi connectivity index (χ0) is 17.1. The van der Waals surface area contributed by atoms with Crippen molar-refractivity contribution in [3.05, 3.63) is 29.8 Å². The standard InChI is InChI=1S/C18H22N2O4/c21-16(11-4-5-11)20-15-3-1-2-13(10-15)17(22)19-14-8-6-12(7-9-14)18(23)24/h1-3,10-12,14H,4-9H2,(H,19,22)(H,20,21)(H,23,24). The number of amides is 2. The molecule has 3 rings (SSSR count). The molecule has 128 valence electrons. The van der Waals surface area contributed by atoms with Crippen LogP contribution in [0.4, 0.5) is 5.69 Å². The Bertz CT molecular complexity index is 646. The summed E-state index contributed by atoms with van der Waals surface area (Å²) in [4.78, 5) is 35.1. The zero-order valence-electron chi connectivity index (χ0n) is 13.5. The van der Waals surface area contributed by atoms with Crippen LogP contribution in [0, 0.1) is 11.8 Å². The molecule has 3 N–H and O–H groups in total. The Morgan fingerprint density at radius 1 is 0.958 bits per heavy atom. The summed E-state index contributed by atoms with van der Waals surface area (Å²) < 4.78 is 0. The molecule has 0 bridgehead atoms. The summed E-state index contributed by atoms with van der Waals surface area (Å²) >= 11 is 0. The molecule has 2 aliphatic carbocycles.